The van der Waals surface area contributed by atoms with Gasteiger partial charge in [0.25, 0.3) is 0 Å². The number of esters is 1. The summed E-state index contributed by atoms with van der Waals surface area (Å²) in [6.45, 7) is 4.02. The summed E-state index contributed by atoms with van der Waals surface area (Å²) in [7, 11) is 1.41. The number of methoxy groups -OCH3 is 1. The van der Waals surface area contributed by atoms with Crippen LogP contribution in [0.2, 0.25) is 0 Å². The molecular formula is C21H36O2Ti. The minimum Gasteiger partial charge on any atom is -0.499 e. The normalized spacial score (nSPS) is 23.6. The van der Waals surface area contributed by atoms with Crippen LogP contribution in [-0.4, -0.2) is 13.1 Å². The number of rotatable bonds is 3. The third-order valence-electron chi connectivity index (χ3n) is 4.90. The van der Waals surface area contributed by atoms with E-state index in [1.807, 2.05) is 0 Å². The molecule has 0 radical (unpaired) electrons. The number of carbonyl (C=O) groups is 1. The number of carbonyl (C=O) groups excluding carboxylic acids is 1. The molecule has 3 aliphatic carbocycles. The topological polar surface area (TPSA) is 26.3 Å². The van der Waals surface area contributed by atoms with Crippen LogP contribution in [0, 0.1) is 18.9 Å². The molecule has 24 heavy (non-hydrogen) atoms. The zero-order valence-electron chi connectivity index (χ0n) is 15.7. The van der Waals surface area contributed by atoms with Crippen LogP contribution in [-0.2, 0) is 31.2 Å². The van der Waals surface area contributed by atoms with Crippen molar-refractivity contribution in [2.24, 2.45) is 5.92 Å². The number of hydrogen-bond acceptors (Lipinski definition) is 2. The minimum atomic E-state index is -0.160. The molecule has 3 aliphatic rings. The van der Waals surface area contributed by atoms with Crippen molar-refractivity contribution < 1.29 is 31.2 Å². The van der Waals surface area contributed by atoms with E-state index in [0.717, 1.165) is 6.42 Å². The Morgan fingerprint density at radius 1 is 1.00 bits per heavy atom. The summed E-state index contributed by atoms with van der Waals surface area (Å²) < 4.78 is 4.54. The number of hydrogen-bond donors (Lipinski definition) is 0. The Morgan fingerprint density at radius 3 is 1.79 bits per heavy atom. The molecule has 1 unspecified atom stereocenters. The molecule has 0 amide bonds. The molecule has 0 aromatic carbocycles. The van der Waals surface area contributed by atoms with Crippen molar-refractivity contribution in [3.8, 4) is 0 Å². The molecule has 3 fully saturated rings. The zero-order chi connectivity index (χ0) is 16.8. The van der Waals surface area contributed by atoms with Gasteiger partial charge in [-0.1, -0.05) is 83.5 Å². The van der Waals surface area contributed by atoms with Crippen LogP contribution in [0.15, 0.2) is 5.57 Å². The van der Waals surface area contributed by atoms with Gasteiger partial charge in [0, 0.05) is 6.42 Å². The molecule has 3 saturated carbocycles. The van der Waals surface area contributed by atoms with Gasteiger partial charge in [0.15, 0.2) is 0 Å². The largest absolute Gasteiger partial charge is 2.00 e. The van der Waals surface area contributed by atoms with Gasteiger partial charge in [-0.3, -0.25) is 10.4 Å². The standard InChI is InChI=1S/C11H16O2.2C5H10.Ti/c1-9-5-3-6-10(9)7-4-8-11(12)13-2;2*1-2-4-5-3-1;/h9H,1,3-6,8H2,2H3;2*1-5H2;/q-2;;;+2. The fourth-order valence-corrected chi connectivity index (χ4v) is 3.34. The van der Waals surface area contributed by atoms with Gasteiger partial charge in [0.1, 0.15) is 0 Å². The predicted octanol–water partition coefficient (Wildman–Crippen LogP) is 6.20. The molecule has 0 heterocycles. The number of allylic oxidation sites excluding steroid dienone is 2. The van der Waals surface area contributed by atoms with Crippen LogP contribution < -0.4 is 0 Å². The van der Waals surface area contributed by atoms with Gasteiger partial charge < -0.3 is 17.7 Å². The predicted molar refractivity (Wildman–Crippen MR) is 96.9 cm³/mol. The zero-order valence-corrected chi connectivity index (χ0v) is 17.3. The van der Waals surface area contributed by atoms with E-state index in [4.69, 9.17) is 0 Å². The summed E-state index contributed by atoms with van der Waals surface area (Å²) in [5.74, 6) is 0.268. The molecule has 2 nitrogen and oxygen atoms in total. The first-order valence-corrected chi connectivity index (χ1v) is 9.73. The Bertz CT molecular complexity index is 306. The van der Waals surface area contributed by atoms with E-state index in [1.54, 1.807) is 0 Å². The Kier molecular flexibility index (Phi) is 16.3. The van der Waals surface area contributed by atoms with Gasteiger partial charge in [-0.15, -0.1) is 0 Å². The Morgan fingerprint density at radius 2 is 1.46 bits per heavy atom. The van der Waals surface area contributed by atoms with E-state index in [2.05, 4.69) is 17.7 Å². The summed E-state index contributed by atoms with van der Waals surface area (Å²) in [4.78, 5) is 10.8. The second kappa shape index (κ2) is 16.4. The van der Waals surface area contributed by atoms with Gasteiger partial charge in [-0.05, 0) is 0 Å². The molecule has 0 bridgehead atoms. The van der Waals surface area contributed by atoms with E-state index >= 15 is 0 Å². The number of ether oxygens (including phenoxy) is 1. The van der Waals surface area contributed by atoms with Crippen molar-refractivity contribution in [3.63, 3.8) is 0 Å². The molecule has 0 saturated heterocycles. The van der Waals surface area contributed by atoms with Gasteiger partial charge >= 0.3 is 27.7 Å². The maximum Gasteiger partial charge on any atom is 2.00 e. The monoisotopic (exact) mass is 368 g/mol. The molecule has 0 spiro atoms. The van der Waals surface area contributed by atoms with Crippen LogP contribution in [0.5, 0.6) is 0 Å². The van der Waals surface area contributed by atoms with Crippen LogP contribution in [0.25, 0.3) is 0 Å². The molecule has 1 atom stereocenters. The van der Waals surface area contributed by atoms with Crippen molar-refractivity contribution in [1.29, 1.82) is 0 Å². The molecule has 3 rings (SSSR count). The SMILES string of the molecule is C1CCCC1.C1CCCC1.[CH2-]C1CCCC1=[C-]CCC(=O)OC.[Ti+2]. The third-order valence-corrected chi connectivity index (χ3v) is 4.90. The van der Waals surface area contributed by atoms with Gasteiger partial charge in [0.2, 0.25) is 0 Å². The molecular weight excluding hydrogens is 332 g/mol. The van der Waals surface area contributed by atoms with Crippen LogP contribution in [0.1, 0.15) is 96.3 Å². The van der Waals surface area contributed by atoms with E-state index in [1.165, 1.54) is 89.7 Å². The molecule has 0 aromatic rings. The van der Waals surface area contributed by atoms with E-state index in [-0.39, 0.29) is 27.7 Å². The fourth-order valence-electron chi connectivity index (χ4n) is 3.34. The molecule has 0 aromatic heterocycles. The van der Waals surface area contributed by atoms with Crippen LogP contribution in [0.3, 0.4) is 0 Å². The van der Waals surface area contributed by atoms with E-state index in [0.29, 0.717) is 18.8 Å². The third kappa shape index (κ3) is 12.3. The Labute approximate surface area is 165 Å². The fraction of sp³-hybridized carbons (Fsp3) is 0.810. The first-order valence-electron chi connectivity index (χ1n) is 9.73. The van der Waals surface area contributed by atoms with Crippen molar-refractivity contribution in [1.82, 2.24) is 0 Å². The maximum atomic E-state index is 10.8. The van der Waals surface area contributed by atoms with Crippen molar-refractivity contribution in [2.45, 2.75) is 96.3 Å². The van der Waals surface area contributed by atoms with Crippen molar-refractivity contribution in [3.05, 3.63) is 18.6 Å². The van der Waals surface area contributed by atoms with Crippen molar-refractivity contribution in [2.75, 3.05) is 7.11 Å². The molecule has 3 heteroatoms. The van der Waals surface area contributed by atoms with Crippen LogP contribution in [0.4, 0.5) is 0 Å². The average Bonchev–Trinajstić information content (AvgIpc) is 3.33. The summed E-state index contributed by atoms with van der Waals surface area (Å²) in [6.07, 6.45) is 22.9. The smallest absolute Gasteiger partial charge is 0.499 e. The summed E-state index contributed by atoms with van der Waals surface area (Å²) in [5.41, 5.74) is 1.30. The quantitative estimate of drug-likeness (QED) is 0.337. The molecule has 0 aliphatic heterocycles. The second-order valence-electron chi connectivity index (χ2n) is 6.90. The van der Waals surface area contributed by atoms with Crippen LogP contribution >= 0.6 is 0 Å². The maximum absolute atomic E-state index is 10.8. The van der Waals surface area contributed by atoms with E-state index < -0.39 is 0 Å². The second-order valence-corrected chi connectivity index (χ2v) is 6.90. The molecule has 0 N–H and O–H groups in total. The van der Waals surface area contributed by atoms with Crippen molar-refractivity contribution >= 4 is 5.97 Å². The summed E-state index contributed by atoms with van der Waals surface area (Å²) in [6, 6.07) is 0. The first kappa shape index (κ1) is 23.9. The first-order chi connectivity index (χ1) is 11.2. The molecule has 136 valence electrons. The Balaban J connectivity index is 0.000000393. The van der Waals surface area contributed by atoms with Gasteiger partial charge in [-0.2, -0.15) is 12.3 Å². The van der Waals surface area contributed by atoms with E-state index in [9.17, 15) is 4.79 Å². The summed E-state index contributed by atoms with van der Waals surface area (Å²) >= 11 is 0. The summed E-state index contributed by atoms with van der Waals surface area (Å²) in [5, 5.41) is 0. The van der Waals surface area contributed by atoms with Gasteiger partial charge in [-0.25, -0.2) is 0 Å². The Hall–Kier alpha value is -0.0757. The average molecular weight is 368 g/mol. The van der Waals surface area contributed by atoms with Gasteiger partial charge in [0.05, 0.1) is 7.11 Å². The minimum absolute atomic E-state index is 0.